The predicted octanol–water partition coefficient (Wildman–Crippen LogP) is -0.960. The van der Waals surface area contributed by atoms with Crippen LogP contribution in [0, 0.1) is 0 Å². The molecule has 0 saturated carbocycles. The summed E-state index contributed by atoms with van der Waals surface area (Å²) in [5.41, 5.74) is -0.757. The van der Waals surface area contributed by atoms with E-state index >= 15 is 0 Å². The first kappa shape index (κ1) is 25.1. The number of carbonyl (C=O) groups excluding carboxylic acids is 3. The topological polar surface area (TPSA) is 141 Å². The fourth-order valence-electron chi connectivity index (χ4n) is 1.65. The molecule has 0 spiro atoms. The van der Waals surface area contributed by atoms with Crippen molar-refractivity contribution in [1.82, 2.24) is 26.6 Å². The molecule has 0 aliphatic carbocycles. The molecular formula is C17H35N5O5. The first-order chi connectivity index (χ1) is 12.3. The molecule has 0 bridgehead atoms. The van der Waals surface area contributed by atoms with Crippen molar-refractivity contribution in [2.45, 2.75) is 58.9 Å². The Balaban J connectivity index is 3.77. The highest BCUT2D eigenvalue weighted by Crippen LogP contribution is 2.05. The van der Waals surface area contributed by atoms with Crippen molar-refractivity contribution in [3.05, 3.63) is 0 Å². The second-order valence-corrected chi connectivity index (χ2v) is 8.08. The van der Waals surface area contributed by atoms with E-state index in [2.05, 4.69) is 26.6 Å². The molecule has 1 unspecified atom stereocenters. The van der Waals surface area contributed by atoms with Gasteiger partial charge in [-0.15, -0.1) is 0 Å². The molecule has 0 aliphatic heterocycles. The molecule has 0 aromatic rings. The third kappa shape index (κ3) is 17.3. The summed E-state index contributed by atoms with van der Waals surface area (Å²) in [6.07, 6.45) is -1.52. The van der Waals surface area contributed by atoms with E-state index in [1.54, 1.807) is 20.8 Å². The van der Waals surface area contributed by atoms with Crippen LogP contribution in [0.15, 0.2) is 0 Å². The zero-order valence-electron chi connectivity index (χ0n) is 17.2. The highest BCUT2D eigenvalue weighted by Gasteiger charge is 2.15. The summed E-state index contributed by atoms with van der Waals surface area (Å²) >= 11 is 0. The highest BCUT2D eigenvalue weighted by molar-refractivity contribution is 5.85. The highest BCUT2D eigenvalue weighted by atomic mass is 16.6. The van der Waals surface area contributed by atoms with Gasteiger partial charge in [0, 0.05) is 18.6 Å². The van der Waals surface area contributed by atoms with E-state index in [0.717, 1.165) is 0 Å². The molecule has 0 aromatic carbocycles. The molecule has 0 saturated heterocycles. The zero-order chi connectivity index (χ0) is 21.1. The minimum atomic E-state index is -0.979. The van der Waals surface area contributed by atoms with Crippen molar-refractivity contribution in [1.29, 1.82) is 0 Å². The molecule has 3 amide bonds. The molecule has 1 atom stereocenters. The first-order valence-electron chi connectivity index (χ1n) is 8.95. The number of carbonyl (C=O) groups is 3. The Labute approximate surface area is 161 Å². The number of aliphatic hydroxyl groups is 1. The molecule has 0 aliphatic rings. The summed E-state index contributed by atoms with van der Waals surface area (Å²) in [4.78, 5) is 34.7. The number of nitrogens with one attached hydrogen (secondary N) is 5. The van der Waals surface area contributed by atoms with E-state index in [9.17, 15) is 19.5 Å². The van der Waals surface area contributed by atoms with Crippen LogP contribution in [0.3, 0.4) is 0 Å². The van der Waals surface area contributed by atoms with E-state index in [4.69, 9.17) is 4.74 Å². The molecule has 10 nitrogen and oxygen atoms in total. The second kappa shape index (κ2) is 11.7. The number of rotatable bonds is 10. The summed E-state index contributed by atoms with van der Waals surface area (Å²) in [6, 6.07) is 0. The standard InChI is InChI=1S/C17H35N5O5/c1-16(2,3)22-11-14(25)21-10-13(24)20-9-12(23)18-7-8-19-15(26)27-17(4,5)6/h12,18,22-23H,7-11H2,1-6H3,(H,19,26)(H,20,24)(H,21,25). The van der Waals surface area contributed by atoms with Crippen LogP contribution in [0.1, 0.15) is 41.5 Å². The lowest BCUT2D eigenvalue weighted by atomic mass is 10.1. The average Bonchev–Trinajstić information content (AvgIpc) is 2.50. The number of ether oxygens (including phenoxy) is 1. The maximum absolute atomic E-state index is 11.6. The van der Waals surface area contributed by atoms with E-state index in [0.29, 0.717) is 6.54 Å². The monoisotopic (exact) mass is 389 g/mol. The lowest BCUT2D eigenvalue weighted by Crippen LogP contribution is -2.48. The van der Waals surface area contributed by atoms with Gasteiger partial charge in [0.15, 0.2) is 0 Å². The summed E-state index contributed by atoms with van der Waals surface area (Å²) in [5, 5.41) is 23.0. The summed E-state index contributed by atoms with van der Waals surface area (Å²) in [5.74, 6) is -0.696. The zero-order valence-corrected chi connectivity index (χ0v) is 17.2. The van der Waals surface area contributed by atoms with Crippen LogP contribution in [0.25, 0.3) is 0 Å². The van der Waals surface area contributed by atoms with Gasteiger partial charge in [-0.2, -0.15) is 0 Å². The Hall–Kier alpha value is -1.91. The van der Waals surface area contributed by atoms with Crippen LogP contribution in [-0.4, -0.2) is 73.1 Å². The fraction of sp³-hybridized carbons (Fsp3) is 0.824. The third-order valence-electron chi connectivity index (χ3n) is 2.89. The molecule has 6 N–H and O–H groups in total. The van der Waals surface area contributed by atoms with Gasteiger partial charge in [0.1, 0.15) is 11.8 Å². The van der Waals surface area contributed by atoms with Crippen molar-refractivity contribution >= 4 is 17.9 Å². The van der Waals surface area contributed by atoms with Gasteiger partial charge >= 0.3 is 6.09 Å². The van der Waals surface area contributed by atoms with Crippen LogP contribution in [0.5, 0.6) is 0 Å². The number of amides is 3. The van der Waals surface area contributed by atoms with Gasteiger partial charge < -0.3 is 31.1 Å². The average molecular weight is 389 g/mol. The normalized spacial score (nSPS) is 12.9. The van der Waals surface area contributed by atoms with E-state index in [1.165, 1.54) is 0 Å². The Morgan fingerprint density at radius 1 is 0.889 bits per heavy atom. The van der Waals surface area contributed by atoms with Crippen LogP contribution in [0.2, 0.25) is 0 Å². The first-order valence-corrected chi connectivity index (χ1v) is 8.95. The number of aliphatic hydroxyl groups excluding tert-OH is 1. The number of alkyl carbamates (subject to hydrolysis) is 1. The maximum atomic E-state index is 11.6. The Morgan fingerprint density at radius 2 is 1.48 bits per heavy atom. The maximum Gasteiger partial charge on any atom is 0.407 e. The van der Waals surface area contributed by atoms with Gasteiger partial charge in [0.25, 0.3) is 0 Å². The molecule has 0 radical (unpaired) electrons. The minimum absolute atomic E-state index is 0.0264. The minimum Gasteiger partial charge on any atom is -0.444 e. The molecule has 0 heterocycles. The Morgan fingerprint density at radius 3 is 2.04 bits per heavy atom. The lowest BCUT2D eigenvalue weighted by molar-refractivity contribution is -0.126. The van der Waals surface area contributed by atoms with Crippen molar-refractivity contribution < 1.29 is 24.2 Å². The van der Waals surface area contributed by atoms with Gasteiger partial charge in [0.2, 0.25) is 11.8 Å². The van der Waals surface area contributed by atoms with E-state index < -0.39 is 23.8 Å². The van der Waals surface area contributed by atoms with E-state index in [1.807, 2.05) is 20.8 Å². The Kier molecular flexibility index (Phi) is 10.9. The van der Waals surface area contributed by atoms with Crippen LogP contribution in [0.4, 0.5) is 4.79 Å². The molecule has 0 aromatic heterocycles. The predicted molar refractivity (Wildman–Crippen MR) is 102 cm³/mol. The van der Waals surface area contributed by atoms with Crippen LogP contribution in [-0.2, 0) is 14.3 Å². The van der Waals surface area contributed by atoms with Crippen molar-refractivity contribution in [3.63, 3.8) is 0 Å². The van der Waals surface area contributed by atoms with Crippen LogP contribution >= 0.6 is 0 Å². The van der Waals surface area contributed by atoms with Gasteiger partial charge in [-0.05, 0) is 41.5 Å². The molecule has 0 fully saturated rings. The quantitative estimate of drug-likeness (QED) is 0.209. The second-order valence-electron chi connectivity index (χ2n) is 8.08. The van der Waals surface area contributed by atoms with Crippen LogP contribution < -0.4 is 26.6 Å². The summed E-state index contributed by atoms with van der Waals surface area (Å²) in [7, 11) is 0. The molecule has 158 valence electrons. The fourth-order valence-corrected chi connectivity index (χ4v) is 1.65. The number of hydrogen-bond donors (Lipinski definition) is 6. The lowest BCUT2D eigenvalue weighted by Gasteiger charge is -2.20. The van der Waals surface area contributed by atoms with Gasteiger partial charge in [-0.25, -0.2) is 4.79 Å². The molecule has 0 rings (SSSR count). The summed E-state index contributed by atoms with van der Waals surface area (Å²) in [6.45, 7) is 11.6. The molecule has 27 heavy (non-hydrogen) atoms. The van der Waals surface area contributed by atoms with Crippen molar-refractivity contribution in [2.24, 2.45) is 0 Å². The van der Waals surface area contributed by atoms with Gasteiger partial charge in [-0.1, -0.05) is 0 Å². The largest absolute Gasteiger partial charge is 0.444 e. The third-order valence-corrected chi connectivity index (χ3v) is 2.89. The molecular weight excluding hydrogens is 354 g/mol. The smallest absolute Gasteiger partial charge is 0.407 e. The van der Waals surface area contributed by atoms with Gasteiger partial charge in [0.05, 0.1) is 19.6 Å². The van der Waals surface area contributed by atoms with E-state index in [-0.39, 0.29) is 37.6 Å². The van der Waals surface area contributed by atoms with Gasteiger partial charge in [-0.3, -0.25) is 14.9 Å². The number of hydrogen-bond acceptors (Lipinski definition) is 7. The molecule has 10 heteroatoms. The SMILES string of the molecule is CC(C)(C)NCC(=O)NCC(=O)NCC(O)NCCNC(=O)OC(C)(C)C. The van der Waals surface area contributed by atoms with Crippen molar-refractivity contribution in [2.75, 3.05) is 32.7 Å². The van der Waals surface area contributed by atoms with Crippen molar-refractivity contribution in [3.8, 4) is 0 Å². The summed E-state index contributed by atoms with van der Waals surface area (Å²) < 4.78 is 5.07. The Bertz CT molecular complexity index is 485.